The number of rotatable bonds is 1. The van der Waals surface area contributed by atoms with Crippen molar-refractivity contribution in [2.75, 3.05) is 12.8 Å². The average molecular weight is 248 g/mol. The number of aryl methyl sites for hydroxylation is 1. The second-order valence-electron chi connectivity index (χ2n) is 3.95. The number of anilines is 1. The molecule has 0 saturated carbocycles. The predicted molar refractivity (Wildman–Crippen MR) is 74.7 cm³/mol. The Balaban J connectivity index is 0.000000494. The van der Waals surface area contributed by atoms with Gasteiger partial charge in [0.25, 0.3) is 0 Å². The normalized spacial score (nSPS) is 8.83. The fourth-order valence-corrected chi connectivity index (χ4v) is 1.50. The number of hydrogen-bond donors (Lipinski definition) is 3. The fraction of sp³-hybridized carbons (Fsp3) is 0.357. The Bertz CT molecular complexity index is 474. The molecule has 0 spiro atoms. The second-order valence-corrected chi connectivity index (χ2v) is 3.95. The standard InChI is InChI=1S/C12H15N.C2H5NO2/c1-5-6-11-10(4)9(3)8(2)7-12(11)13;1-3-2(4)5/h1,7H,6,13H2,2-4H3;3H,1H3,(H,4,5). The van der Waals surface area contributed by atoms with Crippen LogP contribution < -0.4 is 11.1 Å². The van der Waals surface area contributed by atoms with Crippen LogP contribution in [0.15, 0.2) is 6.07 Å². The van der Waals surface area contributed by atoms with E-state index in [4.69, 9.17) is 17.3 Å². The molecule has 0 fully saturated rings. The summed E-state index contributed by atoms with van der Waals surface area (Å²) in [5.41, 5.74) is 11.6. The molecular formula is C14H20N2O2. The molecule has 4 nitrogen and oxygen atoms in total. The first-order valence-corrected chi connectivity index (χ1v) is 5.54. The Morgan fingerprint density at radius 2 is 1.94 bits per heavy atom. The van der Waals surface area contributed by atoms with Gasteiger partial charge >= 0.3 is 6.09 Å². The summed E-state index contributed by atoms with van der Waals surface area (Å²) in [7, 11) is 1.35. The molecule has 1 aromatic rings. The Morgan fingerprint density at radius 1 is 1.44 bits per heavy atom. The van der Waals surface area contributed by atoms with E-state index < -0.39 is 6.09 Å². The van der Waals surface area contributed by atoms with Gasteiger partial charge in [-0.05, 0) is 49.1 Å². The Hall–Kier alpha value is -2.15. The molecule has 0 radical (unpaired) electrons. The van der Waals surface area contributed by atoms with Gasteiger partial charge in [-0.2, -0.15) is 0 Å². The Kier molecular flexibility index (Phi) is 6.37. The van der Waals surface area contributed by atoms with Crippen LogP contribution in [0.2, 0.25) is 0 Å². The molecule has 0 aliphatic carbocycles. The van der Waals surface area contributed by atoms with Crippen LogP contribution in [0, 0.1) is 33.1 Å². The number of nitrogens with one attached hydrogen (secondary N) is 1. The molecule has 4 heteroatoms. The van der Waals surface area contributed by atoms with Gasteiger partial charge in [-0.15, -0.1) is 12.3 Å². The van der Waals surface area contributed by atoms with Crippen molar-refractivity contribution in [3.05, 3.63) is 28.3 Å². The molecule has 0 saturated heterocycles. The third kappa shape index (κ3) is 4.38. The second kappa shape index (κ2) is 7.23. The molecular weight excluding hydrogens is 228 g/mol. The van der Waals surface area contributed by atoms with Gasteiger partial charge in [-0.1, -0.05) is 0 Å². The van der Waals surface area contributed by atoms with E-state index in [-0.39, 0.29) is 0 Å². The smallest absolute Gasteiger partial charge is 0.404 e. The number of amides is 1. The van der Waals surface area contributed by atoms with Gasteiger partial charge in [0, 0.05) is 19.2 Å². The number of hydrogen-bond acceptors (Lipinski definition) is 2. The van der Waals surface area contributed by atoms with E-state index in [2.05, 4.69) is 26.7 Å². The quantitative estimate of drug-likeness (QED) is 0.527. The van der Waals surface area contributed by atoms with Gasteiger partial charge in [-0.3, -0.25) is 0 Å². The van der Waals surface area contributed by atoms with E-state index >= 15 is 0 Å². The maximum absolute atomic E-state index is 9.26. The number of nitrogens with two attached hydrogens (primary N) is 1. The highest BCUT2D eigenvalue weighted by atomic mass is 16.4. The molecule has 0 atom stereocenters. The van der Waals surface area contributed by atoms with Crippen molar-refractivity contribution in [2.45, 2.75) is 27.2 Å². The predicted octanol–water partition coefficient (Wildman–Crippen LogP) is 2.25. The van der Waals surface area contributed by atoms with Crippen molar-refractivity contribution in [1.82, 2.24) is 5.32 Å². The van der Waals surface area contributed by atoms with Crippen LogP contribution in [-0.2, 0) is 6.42 Å². The number of nitrogen functional groups attached to an aromatic ring is 1. The zero-order chi connectivity index (χ0) is 14.3. The Labute approximate surface area is 108 Å². The summed E-state index contributed by atoms with van der Waals surface area (Å²) in [6.45, 7) is 6.24. The lowest BCUT2D eigenvalue weighted by Gasteiger charge is -2.12. The van der Waals surface area contributed by atoms with Crippen LogP contribution in [-0.4, -0.2) is 18.2 Å². The zero-order valence-corrected chi connectivity index (χ0v) is 11.3. The summed E-state index contributed by atoms with van der Waals surface area (Å²) in [6, 6.07) is 2.00. The summed E-state index contributed by atoms with van der Waals surface area (Å²) in [4.78, 5) is 9.26. The molecule has 18 heavy (non-hydrogen) atoms. The first-order valence-electron chi connectivity index (χ1n) is 5.54. The minimum Gasteiger partial charge on any atom is -0.465 e. The van der Waals surface area contributed by atoms with Crippen LogP contribution in [0.25, 0.3) is 0 Å². The van der Waals surface area contributed by atoms with Crippen LogP contribution in [0.3, 0.4) is 0 Å². The van der Waals surface area contributed by atoms with Crippen molar-refractivity contribution in [2.24, 2.45) is 0 Å². The van der Waals surface area contributed by atoms with E-state index in [1.165, 1.54) is 23.7 Å². The van der Waals surface area contributed by atoms with E-state index in [0.29, 0.717) is 6.42 Å². The van der Waals surface area contributed by atoms with Crippen molar-refractivity contribution >= 4 is 11.8 Å². The minimum atomic E-state index is -0.995. The first-order chi connectivity index (χ1) is 8.34. The molecule has 0 unspecified atom stereocenters. The Morgan fingerprint density at radius 3 is 2.33 bits per heavy atom. The molecule has 0 bridgehead atoms. The molecule has 1 aromatic carbocycles. The highest BCUT2D eigenvalue weighted by molar-refractivity contribution is 5.63. The van der Waals surface area contributed by atoms with Gasteiger partial charge in [0.15, 0.2) is 0 Å². The summed E-state index contributed by atoms with van der Waals surface area (Å²) >= 11 is 0. The monoisotopic (exact) mass is 248 g/mol. The fourth-order valence-electron chi connectivity index (χ4n) is 1.50. The molecule has 0 aliphatic rings. The van der Waals surface area contributed by atoms with Gasteiger partial charge < -0.3 is 16.2 Å². The van der Waals surface area contributed by atoms with Crippen molar-refractivity contribution in [3.8, 4) is 12.3 Å². The number of terminal acetylenes is 1. The van der Waals surface area contributed by atoms with Crippen molar-refractivity contribution in [1.29, 1.82) is 0 Å². The van der Waals surface area contributed by atoms with Crippen LogP contribution in [0.4, 0.5) is 10.5 Å². The molecule has 0 heterocycles. The lowest BCUT2D eigenvalue weighted by Crippen LogP contribution is -2.13. The minimum absolute atomic E-state index is 0.624. The van der Waals surface area contributed by atoms with Gasteiger partial charge in [0.1, 0.15) is 0 Å². The maximum atomic E-state index is 9.26. The third-order valence-electron chi connectivity index (χ3n) is 2.82. The van der Waals surface area contributed by atoms with Gasteiger partial charge in [0.2, 0.25) is 0 Å². The number of carboxylic acid groups (broad SMARTS) is 1. The highest BCUT2D eigenvalue weighted by Gasteiger charge is 2.06. The summed E-state index contributed by atoms with van der Waals surface area (Å²) in [5.74, 6) is 2.63. The zero-order valence-electron chi connectivity index (χ0n) is 11.3. The first kappa shape index (κ1) is 15.9. The van der Waals surface area contributed by atoms with E-state index in [1.54, 1.807) is 0 Å². The molecule has 1 rings (SSSR count). The van der Waals surface area contributed by atoms with E-state index in [1.807, 2.05) is 11.4 Å². The summed E-state index contributed by atoms with van der Waals surface area (Å²) in [6.07, 6.45) is 4.91. The van der Waals surface area contributed by atoms with Crippen molar-refractivity contribution in [3.63, 3.8) is 0 Å². The summed E-state index contributed by atoms with van der Waals surface area (Å²) in [5, 5.41) is 9.56. The van der Waals surface area contributed by atoms with E-state index in [9.17, 15) is 4.79 Å². The van der Waals surface area contributed by atoms with Crippen LogP contribution in [0.5, 0.6) is 0 Å². The lowest BCUT2D eigenvalue weighted by molar-refractivity contribution is 0.197. The largest absolute Gasteiger partial charge is 0.465 e. The average Bonchev–Trinajstić information content (AvgIpc) is 2.32. The number of benzene rings is 1. The molecule has 4 N–H and O–H groups in total. The maximum Gasteiger partial charge on any atom is 0.404 e. The molecule has 98 valence electrons. The molecule has 1 amide bonds. The topological polar surface area (TPSA) is 75.3 Å². The van der Waals surface area contributed by atoms with Gasteiger partial charge in [-0.25, -0.2) is 4.79 Å². The van der Waals surface area contributed by atoms with Crippen LogP contribution >= 0.6 is 0 Å². The van der Waals surface area contributed by atoms with E-state index in [0.717, 1.165) is 11.3 Å². The van der Waals surface area contributed by atoms with Gasteiger partial charge in [0.05, 0.1) is 0 Å². The summed E-state index contributed by atoms with van der Waals surface area (Å²) < 4.78 is 0. The van der Waals surface area contributed by atoms with Crippen molar-refractivity contribution < 1.29 is 9.90 Å². The highest BCUT2D eigenvalue weighted by Crippen LogP contribution is 2.23. The molecule has 0 aromatic heterocycles. The molecule has 0 aliphatic heterocycles. The third-order valence-corrected chi connectivity index (χ3v) is 2.82. The SMILES string of the molecule is C#CCc1c(N)cc(C)c(C)c1C.CNC(=O)O. The number of carbonyl (C=O) groups is 1. The lowest BCUT2D eigenvalue weighted by atomic mass is 9.95. The van der Waals surface area contributed by atoms with Crippen LogP contribution in [0.1, 0.15) is 22.3 Å².